The van der Waals surface area contributed by atoms with Crippen LogP contribution in [0.15, 0.2) is 40.0 Å². The quantitative estimate of drug-likeness (QED) is 0.941. The van der Waals surface area contributed by atoms with E-state index in [1.165, 1.54) is 0 Å². The zero-order valence-corrected chi connectivity index (χ0v) is 12.1. The molecule has 0 saturated carbocycles. The van der Waals surface area contributed by atoms with Crippen molar-refractivity contribution in [3.63, 3.8) is 0 Å². The first kappa shape index (κ1) is 15.5. The molecule has 3 rings (SSSR count). The van der Waals surface area contributed by atoms with Crippen LogP contribution in [0.3, 0.4) is 0 Å². The fourth-order valence-electron chi connectivity index (χ4n) is 2.24. The maximum absolute atomic E-state index is 12.7. The van der Waals surface area contributed by atoms with E-state index in [1.54, 1.807) is 24.3 Å². The molecule has 1 unspecified atom stereocenters. The summed E-state index contributed by atoms with van der Waals surface area (Å²) in [5.41, 5.74) is 2.20. The van der Waals surface area contributed by atoms with Crippen LogP contribution in [0.25, 0.3) is 0 Å². The molecule has 1 aliphatic heterocycles. The van der Waals surface area contributed by atoms with Gasteiger partial charge in [0.2, 0.25) is 0 Å². The highest BCUT2D eigenvalue weighted by Crippen LogP contribution is 2.38. The SMILES string of the molecule is Cc1cc(Cc2ccc(C3=NOC(O)(C(F)(F)F)C3)cc2)on1. The van der Waals surface area contributed by atoms with Crippen LogP contribution in [-0.4, -0.2) is 27.9 Å². The molecule has 0 spiro atoms. The van der Waals surface area contributed by atoms with Gasteiger partial charge >= 0.3 is 12.0 Å². The minimum atomic E-state index is -4.90. The Balaban J connectivity index is 1.71. The van der Waals surface area contributed by atoms with Gasteiger partial charge in [-0.25, -0.2) is 0 Å². The van der Waals surface area contributed by atoms with Crippen molar-refractivity contribution < 1.29 is 27.6 Å². The van der Waals surface area contributed by atoms with Crippen molar-refractivity contribution >= 4 is 5.71 Å². The molecule has 0 aliphatic carbocycles. The number of aryl methyl sites for hydroxylation is 1. The number of hydrogen-bond donors (Lipinski definition) is 1. The second kappa shape index (κ2) is 5.38. The number of nitrogens with zero attached hydrogens (tertiary/aromatic N) is 2. The number of alkyl halides is 3. The van der Waals surface area contributed by atoms with E-state index < -0.39 is 18.4 Å². The molecule has 0 fully saturated rings. The van der Waals surface area contributed by atoms with E-state index in [1.807, 2.05) is 13.0 Å². The number of hydrogen-bond acceptors (Lipinski definition) is 5. The van der Waals surface area contributed by atoms with Crippen LogP contribution >= 0.6 is 0 Å². The average molecular weight is 326 g/mol. The molecule has 2 aromatic rings. The van der Waals surface area contributed by atoms with E-state index in [0.29, 0.717) is 17.7 Å². The molecular weight excluding hydrogens is 313 g/mol. The van der Waals surface area contributed by atoms with Crippen molar-refractivity contribution in [2.24, 2.45) is 5.16 Å². The summed E-state index contributed by atoms with van der Waals surface area (Å²) in [5.74, 6) is -2.55. The standard InChI is InChI=1S/C15H13F3N2O3/c1-9-6-12(22-19-9)7-10-2-4-11(5-3-10)13-8-14(21,23-20-13)15(16,17)18/h2-6,21H,7-8H2,1H3. The maximum Gasteiger partial charge on any atom is 0.458 e. The Hall–Kier alpha value is -2.35. The van der Waals surface area contributed by atoms with Gasteiger partial charge in [0.05, 0.1) is 17.8 Å². The van der Waals surface area contributed by atoms with Crippen molar-refractivity contribution in [2.45, 2.75) is 31.7 Å². The highest BCUT2D eigenvalue weighted by Gasteiger charge is 2.60. The lowest BCUT2D eigenvalue weighted by atomic mass is 10.0. The van der Waals surface area contributed by atoms with Crippen LogP contribution < -0.4 is 0 Å². The van der Waals surface area contributed by atoms with Crippen molar-refractivity contribution in [1.29, 1.82) is 0 Å². The van der Waals surface area contributed by atoms with E-state index in [2.05, 4.69) is 15.1 Å². The van der Waals surface area contributed by atoms with E-state index >= 15 is 0 Å². The van der Waals surface area contributed by atoms with E-state index in [4.69, 9.17) is 4.52 Å². The number of oxime groups is 1. The summed E-state index contributed by atoms with van der Waals surface area (Å²) in [6.45, 7) is 1.82. The van der Waals surface area contributed by atoms with Gasteiger partial charge in [0.25, 0.3) is 0 Å². The predicted molar refractivity (Wildman–Crippen MR) is 73.7 cm³/mol. The Morgan fingerprint density at radius 3 is 2.48 bits per heavy atom. The third-order valence-electron chi connectivity index (χ3n) is 3.50. The zero-order valence-electron chi connectivity index (χ0n) is 12.1. The van der Waals surface area contributed by atoms with Crippen LogP contribution in [-0.2, 0) is 11.3 Å². The van der Waals surface area contributed by atoms with Crippen molar-refractivity contribution in [1.82, 2.24) is 5.16 Å². The van der Waals surface area contributed by atoms with Gasteiger partial charge in [0, 0.05) is 12.5 Å². The molecule has 122 valence electrons. The highest BCUT2D eigenvalue weighted by atomic mass is 19.4. The normalized spacial score (nSPS) is 21.2. The maximum atomic E-state index is 12.7. The Morgan fingerprint density at radius 1 is 1.26 bits per heavy atom. The molecule has 1 aliphatic rings. The molecule has 1 aromatic carbocycles. The molecule has 2 heterocycles. The van der Waals surface area contributed by atoms with E-state index in [-0.39, 0.29) is 5.71 Å². The largest absolute Gasteiger partial charge is 0.458 e. The predicted octanol–water partition coefficient (Wildman–Crippen LogP) is 2.95. The molecule has 1 N–H and O–H groups in total. The summed E-state index contributed by atoms with van der Waals surface area (Å²) < 4.78 is 43.1. The van der Waals surface area contributed by atoms with Gasteiger partial charge in [0.15, 0.2) is 0 Å². The third kappa shape index (κ3) is 3.07. The minimum absolute atomic E-state index is 0.0480. The number of halogens is 3. The number of aromatic nitrogens is 1. The van der Waals surface area contributed by atoms with Crippen molar-refractivity contribution in [3.05, 3.63) is 52.9 Å². The van der Waals surface area contributed by atoms with E-state index in [9.17, 15) is 18.3 Å². The van der Waals surface area contributed by atoms with Crippen LogP contribution in [0.1, 0.15) is 29.0 Å². The van der Waals surface area contributed by atoms with Gasteiger partial charge in [-0.2, -0.15) is 13.2 Å². The minimum Gasteiger partial charge on any atom is -0.361 e. The van der Waals surface area contributed by atoms with Gasteiger partial charge in [-0.1, -0.05) is 34.6 Å². The Kier molecular flexibility index (Phi) is 3.63. The Labute approximate surface area is 129 Å². The summed E-state index contributed by atoms with van der Waals surface area (Å²) in [5, 5.41) is 16.6. The summed E-state index contributed by atoms with van der Waals surface area (Å²) in [6.07, 6.45) is -5.12. The monoisotopic (exact) mass is 326 g/mol. The molecule has 5 nitrogen and oxygen atoms in total. The smallest absolute Gasteiger partial charge is 0.361 e. The highest BCUT2D eigenvalue weighted by molar-refractivity contribution is 6.01. The lowest BCUT2D eigenvalue weighted by Gasteiger charge is -2.22. The number of benzene rings is 1. The molecule has 1 aromatic heterocycles. The Bertz CT molecular complexity index is 737. The lowest BCUT2D eigenvalue weighted by molar-refractivity contribution is -0.355. The molecule has 0 bridgehead atoms. The molecule has 0 radical (unpaired) electrons. The first-order chi connectivity index (χ1) is 10.8. The Morgan fingerprint density at radius 2 is 1.96 bits per heavy atom. The second-order valence-corrected chi connectivity index (χ2v) is 5.40. The van der Waals surface area contributed by atoms with Crippen LogP contribution in [0.5, 0.6) is 0 Å². The third-order valence-corrected chi connectivity index (χ3v) is 3.50. The second-order valence-electron chi connectivity index (χ2n) is 5.40. The summed E-state index contributed by atoms with van der Waals surface area (Å²) in [6, 6.07) is 8.57. The molecule has 0 saturated heterocycles. The molecule has 1 atom stereocenters. The van der Waals surface area contributed by atoms with Gasteiger partial charge in [-0.3, -0.25) is 0 Å². The summed E-state index contributed by atoms with van der Waals surface area (Å²) in [4.78, 5) is 4.20. The van der Waals surface area contributed by atoms with Gasteiger partial charge in [-0.05, 0) is 18.1 Å². The van der Waals surface area contributed by atoms with Crippen LogP contribution in [0.4, 0.5) is 13.2 Å². The summed E-state index contributed by atoms with van der Waals surface area (Å²) in [7, 11) is 0. The number of aliphatic hydroxyl groups is 1. The lowest BCUT2D eigenvalue weighted by Crippen LogP contribution is -2.45. The topological polar surface area (TPSA) is 67.8 Å². The summed E-state index contributed by atoms with van der Waals surface area (Å²) >= 11 is 0. The van der Waals surface area contributed by atoms with Gasteiger partial charge in [-0.15, -0.1) is 0 Å². The van der Waals surface area contributed by atoms with Gasteiger partial charge < -0.3 is 14.5 Å². The van der Waals surface area contributed by atoms with Crippen molar-refractivity contribution in [3.8, 4) is 0 Å². The van der Waals surface area contributed by atoms with Gasteiger partial charge in [0.1, 0.15) is 5.76 Å². The molecule has 23 heavy (non-hydrogen) atoms. The fourth-order valence-corrected chi connectivity index (χ4v) is 2.24. The van der Waals surface area contributed by atoms with Crippen LogP contribution in [0.2, 0.25) is 0 Å². The fraction of sp³-hybridized carbons (Fsp3) is 0.333. The number of rotatable bonds is 3. The van der Waals surface area contributed by atoms with Crippen LogP contribution in [0, 0.1) is 6.92 Å². The van der Waals surface area contributed by atoms with E-state index in [0.717, 1.165) is 11.3 Å². The molecule has 8 heteroatoms. The first-order valence-corrected chi connectivity index (χ1v) is 6.82. The van der Waals surface area contributed by atoms with Crippen molar-refractivity contribution in [2.75, 3.05) is 0 Å². The molecular formula is C15H13F3N2O3. The molecule has 0 amide bonds. The zero-order chi connectivity index (χ0) is 16.7. The first-order valence-electron chi connectivity index (χ1n) is 6.82. The average Bonchev–Trinajstić information content (AvgIpc) is 3.06.